The zero-order valence-corrected chi connectivity index (χ0v) is 15.9. The molecule has 1 aromatic carbocycles. The number of phenolic OH excluding ortho intramolecular Hbond substituents is 2. The number of benzene rings is 1. The highest BCUT2D eigenvalue weighted by molar-refractivity contribution is 5.59. The van der Waals surface area contributed by atoms with Crippen LogP contribution in [0.15, 0.2) is 6.07 Å². The molecule has 0 radical (unpaired) electrons. The van der Waals surface area contributed by atoms with E-state index in [0.29, 0.717) is 16.7 Å². The number of aryl methyl sites for hydroxylation is 1. The van der Waals surface area contributed by atoms with Crippen LogP contribution >= 0.6 is 0 Å². The Bertz CT molecular complexity index is 704. The van der Waals surface area contributed by atoms with E-state index in [-0.39, 0.29) is 16.9 Å². The van der Waals surface area contributed by atoms with Crippen molar-refractivity contribution < 1.29 is 10.2 Å². The Morgan fingerprint density at radius 1 is 1.00 bits per heavy atom. The van der Waals surface area contributed by atoms with Crippen LogP contribution in [0.3, 0.4) is 0 Å². The highest BCUT2D eigenvalue weighted by Crippen LogP contribution is 2.68. The maximum Gasteiger partial charge on any atom is 0.160 e. The van der Waals surface area contributed by atoms with Crippen molar-refractivity contribution in [3.8, 4) is 11.5 Å². The maximum atomic E-state index is 10.5. The highest BCUT2D eigenvalue weighted by atomic mass is 16.3. The first-order valence-electron chi connectivity index (χ1n) is 9.66. The van der Waals surface area contributed by atoms with Crippen molar-refractivity contribution in [2.24, 2.45) is 22.7 Å². The van der Waals surface area contributed by atoms with E-state index in [2.05, 4.69) is 34.6 Å². The predicted molar refractivity (Wildman–Crippen MR) is 97.5 cm³/mol. The molecule has 0 aliphatic heterocycles. The second-order valence-electron chi connectivity index (χ2n) is 10.0. The summed E-state index contributed by atoms with van der Waals surface area (Å²) >= 11 is 0. The molecule has 0 saturated heterocycles. The van der Waals surface area contributed by atoms with Crippen molar-refractivity contribution in [1.29, 1.82) is 0 Å². The Morgan fingerprint density at radius 2 is 1.71 bits per heavy atom. The summed E-state index contributed by atoms with van der Waals surface area (Å²) in [6.07, 6.45) is 7.39. The minimum Gasteiger partial charge on any atom is -0.504 e. The number of hydrogen-bond acceptors (Lipinski definition) is 2. The van der Waals surface area contributed by atoms with Gasteiger partial charge in [0.2, 0.25) is 0 Å². The molecule has 0 amide bonds. The Kier molecular flexibility index (Phi) is 3.20. The molecule has 0 spiro atoms. The molecule has 2 N–H and O–H groups in total. The van der Waals surface area contributed by atoms with Crippen LogP contribution in [0.25, 0.3) is 0 Å². The molecule has 2 nitrogen and oxygen atoms in total. The average molecular weight is 328 g/mol. The van der Waals surface area contributed by atoms with Crippen LogP contribution in [0.4, 0.5) is 0 Å². The van der Waals surface area contributed by atoms with Crippen molar-refractivity contribution in [2.75, 3.05) is 0 Å². The van der Waals surface area contributed by atoms with Gasteiger partial charge in [0.15, 0.2) is 11.5 Å². The average Bonchev–Trinajstić information content (AvgIpc) is 2.79. The molecule has 2 heteroatoms. The number of aromatic hydroxyl groups is 2. The first-order chi connectivity index (χ1) is 11.1. The van der Waals surface area contributed by atoms with Crippen LogP contribution < -0.4 is 0 Å². The number of fused-ring (bicyclic) bond motifs is 5. The second kappa shape index (κ2) is 4.71. The van der Waals surface area contributed by atoms with E-state index in [4.69, 9.17) is 0 Å². The van der Waals surface area contributed by atoms with E-state index in [1.54, 1.807) is 6.07 Å². The largest absolute Gasteiger partial charge is 0.504 e. The van der Waals surface area contributed by atoms with Crippen molar-refractivity contribution >= 4 is 0 Å². The van der Waals surface area contributed by atoms with Crippen LogP contribution in [-0.2, 0) is 11.8 Å². The molecular weight excluding hydrogens is 296 g/mol. The van der Waals surface area contributed by atoms with Crippen molar-refractivity contribution in [2.45, 2.75) is 78.6 Å². The fourth-order valence-electron chi connectivity index (χ4n) is 7.46. The Morgan fingerprint density at radius 3 is 2.42 bits per heavy atom. The summed E-state index contributed by atoms with van der Waals surface area (Å²) in [7, 11) is 0. The van der Waals surface area contributed by atoms with E-state index >= 15 is 0 Å². The summed E-state index contributed by atoms with van der Waals surface area (Å²) in [6, 6.07) is 1.76. The normalized spacial score (nSPS) is 39.9. The fraction of sp³-hybridized carbons (Fsp3) is 0.727. The number of phenols is 2. The lowest BCUT2D eigenvalue weighted by Gasteiger charge is -2.61. The molecule has 3 aliphatic carbocycles. The lowest BCUT2D eigenvalue weighted by atomic mass is 9.43. The van der Waals surface area contributed by atoms with E-state index in [1.807, 2.05) is 0 Å². The van der Waals surface area contributed by atoms with E-state index in [0.717, 1.165) is 23.5 Å². The van der Waals surface area contributed by atoms with Crippen molar-refractivity contribution in [1.82, 2.24) is 0 Å². The third-order valence-electron chi connectivity index (χ3n) is 8.35. The van der Waals surface area contributed by atoms with Gasteiger partial charge >= 0.3 is 0 Å². The van der Waals surface area contributed by atoms with Crippen LogP contribution in [0.5, 0.6) is 11.5 Å². The van der Waals surface area contributed by atoms with Gasteiger partial charge in [0, 0.05) is 5.56 Å². The van der Waals surface area contributed by atoms with Gasteiger partial charge in [-0.05, 0) is 84.3 Å². The van der Waals surface area contributed by atoms with Gasteiger partial charge in [0.05, 0.1) is 0 Å². The zero-order valence-electron chi connectivity index (χ0n) is 15.9. The van der Waals surface area contributed by atoms with Crippen LogP contribution in [0.1, 0.15) is 76.5 Å². The fourth-order valence-corrected chi connectivity index (χ4v) is 7.46. The lowest BCUT2D eigenvalue weighted by molar-refractivity contribution is -0.0983. The molecule has 3 aliphatic rings. The summed E-state index contributed by atoms with van der Waals surface area (Å²) < 4.78 is 0. The number of hydrogen-bond donors (Lipinski definition) is 2. The van der Waals surface area contributed by atoms with Gasteiger partial charge < -0.3 is 10.2 Å². The smallest absolute Gasteiger partial charge is 0.160 e. The number of rotatable bonds is 0. The van der Waals surface area contributed by atoms with Gasteiger partial charge in [0.25, 0.3) is 0 Å². The molecule has 0 aromatic heterocycles. The first-order valence-corrected chi connectivity index (χ1v) is 9.66. The molecular formula is C22H32O2. The Labute approximate surface area is 146 Å². The van der Waals surface area contributed by atoms with Gasteiger partial charge in [-0.15, -0.1) is 0 Å². The van der Waals surface area contributed by atoms with Gasteiger partial charge in [-0.2, -0.15) is 0 Å². The standard InChI is InChI=1S/C22H32O2/c1-13-11-15(23)19(24)14-12-17-21(4)9-6-8-20(2,3)16(21)7-10-22(17,5)18(13)14/h11,16-17,23-24H,6-10,12H2,1-5H3/t16-,17+,21-,22+/m0/s1. The molecule has 24 heavy (non-hydrogen) atoms. The predicted octanol–water partition coefficient (Wildman–Crippen LogP) is 5.46. The van der Waals surface area contributed by atoms with Gasteiger partial charge in [-0.25, -0.2) is 0 Å². The van der Waals surface area contributed by atoms with Crippen LogP contribution in [0, 0.1) is 29.6 Å². The molecule has 0 unspecified atom stereocenters. The molecule has 0 heterocycles. The summed E-state index contributed by atoms with van der Waals surface area (Å²) in [5.74, 6) is 1.53. The summed E-state index contributed by atoms with van der Waals surface area (Å²) in [5, 5.41) is 20.6. The van der Waals surface area contributed by atoms with Crippen molar-refractivity contribution in [3.63, 3.8) is 0 Å². The minimum atomic E-state index is 0.0548. The van der Waals surface area contributed by atoms with E-state index < -0.39 is 0 Å². The molecule has 0 bridgehead atoms. The third kappa shape index (κ3) is 1.83. The van der Waals surface area contributed by atoms with Crippen molar-refractivity contribution in [3.05, 3.63) is 22.8 Å². The summed E-state index contributed by atoms with van der Waals surface area (Å²) in [4.78, 5) is 0. The summed E-state index contributed by atoms with van der Waals surface area (Å²) in [5.41, 5.74) is 4.42. The molecule has 132 valence electrons. The molecule has 4 atom stereocenters. The van der Waals surface area contributed by atoms with Crippen LogP contribution in [-0.4, -0.2) is 10.2 Å². The molecule has 2 fully saturated rings. The third-order valence-corrected chi connectivity index (χ3v) is 8.35. The second-order valence-corrected chi connectivity index (χ2v) is 10.0. The minimum absolute atomic E-state index is 0.0548. The van der Waals surface area contributed by atoms with Crippen LogP contribution in [0.2, 0.25) is 0 Å². The Balaban J connectivity index is 1.87. The highest BCUT2D eigenvalue weighted by Gasteiger charge is 2.61. The quantitative estimate of drug-likeness (QED) is 0.621. The van der Waals surface area contributed by atoms with E-state index in [9.17, 15) is 10.2 Å². The van der Waals surface area contributed by atoms with Gasteiger partial charge in [-0.1, -0.05) is 34.1 Å². The summed E-state index contributed by atoms with van der Waals surface area (Å²) in [6.45, 7) is 12.0. The monoisotopic (exact) mass is 328 g/mol. The lowest BCUT2D eigenvalue weighted by Crippen LogP contribution is -2.55. The topological polar surface area (TPSA) is 40.5 Å². The molecule has 2 saturated carbocycles. The Hall–Kier alpha value is -1.18. The van der Waals surface area contributed by atoms with Gasteiger partial charge in [0.1, 0.15) is 0 Å². The molecule has 1 aromatic rings. The van der Waals surface area contributed by atoms with E-state index in [1.165, 1.54) is 37.7 Å². The SMILES string of the molecule is Cc1cc(O)c(O)c2c1[C@]1(C)CC[C@H]3C(C)(C)CCC[C@]3(C)[C@H]1C2. The maximum absolute atomic E-state index is 10.5. The molecule has 4 rings (SSSR count). The van der Waals surface area contributed by atoms with Gasteiger partial charge in [-0.3, -0.25) is 0 Å². The zero-order chi connectivity index (χ0) is 17.5. The first kappa shape index (κ1) is 16.3.